The molecule has 0 unspecified atom stereocenters. The van der Waals surface area contributed by atoms with Gasteiger partial charge in [0, 0.05) is 17.1 Å². The van der Waals surface area contributed by atoms with E-state index in [1.54, 1.807) is 7.11 Å². The molecule has 0 fully saturated rings. The van der Waals surface area contributed by atoms with Crippen LogP contribution in [-0.4, -0.2) is 16.9 Å². The molecule has 2 aromatic carbocycles. The molecule has 1 heterocycles. The highest BCUT2D eigenvalue weighted by Crippen LogP contribution is 2.33. The van der Waals surface area contributed by atoms with Crippen LogP contribution in [0.5, 0.6) is 5.75 Å². The Hall–Kier alpha value is -2.30. The van der Waals surface area contributed by atoms with Gasteiger partial charge in [0.15, 0.2) is 0 Å². The van der Waals surface area contributed by atoms with E-state index in [9.17, 15) is 0 Å². The lowest BCUT2D eigenvalue weighted by molar-refractivity contribution is 0.416. The summed E-state index contributed by atoms with van der Waals surface area (Å²) in [5.74, 6) is 0.789. The molecule has 23 heavy (non-hydrogen) atoms. The summed E-state index contributed by atoms with van der Waals surface area (Å²) in [5.41, 5.74) is 10.4. The number of ether oxygens (including phenoxy) is 1. The van der Waals surface area contributed by atoms with Crippen molar-refractivity contribution >= 4 is 11.6 Å². The number of rotatable bonds is 4. The average molecular weight is 328 g/mol. The van der Waals surface area contributed by atoms with Gasteiger partial charge >= 0.3 is 0 Å². The van der Waals surface area contributed by atoms with Crippen molar-refractivity contribution in [2.45, 2.75) is 13.5 Å². The molecule has 2 N–H and O–H groups in total. The molecule has 3 rings (SSSR count). The largest absolute Gasteiger partial charge is 0.496 e. The number of nitrogens with zero attached hydrogens (tertiary/aromatic N) is 2. The molecule has 0 saturated carbocycles. The zero-order valence-electron chi connectivity index (χ0n) is 13.1. The van der Waals surface area contributed by atoms with Crippen LogP contribution in [0.25, 0.3) is 16.9 Å². The Morgan fingerprint density at radius 2 is 1.96 bits per heavy atom. The lowest BCUT2D eigenvalue weighted by Crippen LogP contribution is -2.04. The molecule has 0 saturated heterocycles. The molecule has 5 heteroatoms. The van der Waals surface area contributed by atoms with E-state index < -0.39 is 0 Å². The lowest BCUT2D eigenvalue weighted by atomic mass is 10.1. The Labute approximate surface area is 140 Å². The topological polar surface area (TPSA) is 53.1 Å². The first-order chi connectivity index (χ1) is 11.2. The molecule has 0 spiro atoms. The molecule has 0 atom stereocenters. The van der Waals surface area contributed by atoms with Crippen molar-refractivity contribution in [2.24, 2.45) is 5.73 Å². The van der Waals surface area contributed by atoms with Crippen molar-refractivity contribution in [2.75, 3.05) is 7.11 Å². The number of hydrogen-bond acceptors (Lipinski definition) is 3. The standard InChI is InChI=1S/C18H18ClN3O/c1-12-15(19)7-5-8-16(12)22-17(10-13(11-20)21-22)14-6-3-4-9-18(14)23-2/h3-10H,11,20H2,1-2H3. The van der Waals surface area contributed by atoms with Gasteiger partial charge in [0.05, 0.1) is 24.2 Å². The Balaban J connectivity index is 2.26. The van der Waals surface area contributed by atoms with E-state index in [1.165, 1.54) is 0 Å². The molecule has 0 aliphatic rings. The van der Waals surface area contributed by atoms with Crippen LogP contribution in [-0.2, 0) is 6.54 Å². The van der Waals surface area contributed by atoms with E-state index in [0.29, 0.717) is 11.6 Å². The molecular formula is C18H18ClN3O. The highest BCUT2D eigenvalue weighted by atomic mass is 35.5. The number of methoxy groups -OCH3 is 1. The predicted octanol–water partition coefficient (Wildman–Crippen LogP) is 3.97. The monoisotopic (exact) mass is 327 g/mol. The van der Waals surface area contributed by atoms with Gasteiger partial charge in [-0.25, -0.2) is 4.68 Å². The zero-order valence-corrected chi connectivity index (χ0v) is 13.8. The van der Waals surface area contributed by atoms with E-state index in [4.69, 9.17) is 22.1 Å². The molecule has 0 aliphatic carbocycles. The third kappa shape index (κ3) is 2.83. The quantitative estimate of drug-likeness (QED) is 0.789. The van der Waals surface area contributed by atoms with Gasteiger partial charge in [-0.3, -0.25) is 0 Å². The van der Waals surface area contributed by atoms with Gasteiger partial charge < -0.3 is 10.5 Å². The second-order valence-electron chi connectivity index (χ2n) is 5.22. The van der Waals surface area contributed by atoms with E-state index in [-0.39, 0.29) is 0 Å². The minimum atomic E-state index is 0.370. The fourth-order valence-corrected chi connectivity index (χ4v) is 2.76. The van der Waals surface area contributed by atoms with Crippen LogP contribution in [0.15, 0.2) is 48.5 Å². The number of benzene rings is 2. The van der Waals surface area contributed by atoms with Crippen molar-refractivity contribution in [3.8, 4) is 22.7 Å². The van der Waals surface area contributed by atoms with Crippen LogP contribution in [0, 0.1) is 6.92 Å². The first-order valence-corrected chi connectivity index (χ1v) is 7.71. The summed E-state index contributed by atoms with van der Waals surface area (Å²) in [6.45, 7) is 2.35. The van der Waals surface area contributed by atoms with Gasteiger partial charge in [-0.15, -0.1) is 0 Å². The van der Waals surface area contributed by atoms with Crippen molar-refractivity contribution in [1.82, 2.24) is 9.78 Å². The summed E-state index contributed by atoms with van der Waals surface area (Å²) in [5, 5.41) is 5.34. The zero-order chi connectivity index (χ0) is 16.4. The third-order valence-electron chi connectivity index (χ3n) is 3.82. The van der Waals surface area contributed by atoms with Gasteiger partial charge in [0.25, 0.3) is 0 Å². The Kier molecular flexibility index (Phi) is 4.37. The summed E-state index contributed by atoms with van der Waals surface area (Å²) in [7, 11) is 1.66. The fourth-order valence-electron chi connectivity index (χ4n) is 2.59. The van der Waals surface area contributed by atoms with E-state index >= 15 is 0 Å². The minimum absolute atomic E-state index is 0.370. The van der Waals surface area contributed by atoms with Crippen molar-refractivity contribution in [1.29, 1.82) is 0 Å². The van der Waals surface area contributed by atoms with Gasteiger partial charge in [0.2, 0.25) is 0 Å². The molecule has 0 aliphatic heterocycles. The van der Waals surface area contributed by atoms with E-state index in [0.717, 1.165) is 34.0 Å². The Morgan fingerprint density at radius 1 is 1.17 bits per heavy atom. The summed E-state index contributed by atoms with van der Waals surface area (Å²) in [6, 6.07) is 15.6. The molecule has 0 bridgehead atoms. The predicted molar refractivity (Wildman–Crippen MR) is 93.2 cm³/mol. The average Bonchev–Trinajstić information content (AvgIpc) is 3.01. The maximum atomic E-state index is 6.27. The molecule has 3 aromatic rings. The highest BCUT2D eigenvalue weighted by molar-refractivity contribution is 6.31. The van der Waals surface area contributed by atoms with Crippen LogP contribution in [0.1, 0.15) is 11.3 Å². The van der Waals surface area contributed by atoms with Gasteiger partial charge in [-0.05, 0) is 42.8 Å². The first kappa shape index (κ1) is 15.6. The minimum Gasteiger partial charge on any atom is -0.496 e. The Morgan fingerprint density at radius 3 is 2.70 bits per heavy atom. The fraction of sp³-hybridized carbons (Fsp3) is 0.167. The highest BCUT2D eigenvalue weighted by Gasteiger charge is 2.16. The van der Waals surface area contributed by atoms with Crippen molar-refractivity contribution < 1.29 is 4.74 Å². The number of para-hydroxylation sites is 1. The summed E-state index contributed by atoms with van der Waals surface area (Å²) < 4.78 is 7.37. The van der Waals surface area contributed by atoms with Crippen molar-refractivity contribution in [3.63, 3.8) is 0 Å². The third-order valence-corrected chi connectivity index (χ3v) is 4.23. The second-order valence-corrected chi connectivity index (χ2v) is 5.63. The molecule has 1 aromatic heterocycles. The summed E-state index contributed by atoms with van der Waals surface area (Å²) in [6.07, 6.45) is 0. The number of nitrogens with two attached hydrogens (primary N) is 1. The van der Waals surface area contributed by atoms with Gasteiger partial charge in [0.1, 0.15) is 5.75 Å². The maximum Gasteiger partial charge on any atom is 0.128 e. The van der Waals surface area contributed by atoms with Crippen LogP contribution in [0.4, 0.5) is 0 Å². The van der Waals surface area contributed by atoms with E-state index in [1.807, 2.05) is 60.1 Å². The molecule has 0 amide bonds. The molecule has 118 valence electrons. The number of aromatic nitrogens is 2. The normalized spacial score (nSPS) is 10.8. The summed E-state index contributed by atoms with van der Waals surface area (Å²) >= 11 is 6.27. The molecule has 0 radical (unpaired) electrons. The van der Waals surface area contributed by atoms with Crippen LogP contribution in [0.3, 0.4) is 0 Å². The molecular weight excluding hydrogens is 310 g/mol. The van der Waals surface area contributed by atoms with Crippen LogP contribution < -0.4 is 10.5 Å². The molecule has 4 nitrogen and oxygen atoms in total. The maximum absolute atomic E-state index is 6.27. The Bertz CT molecular complexity index is 842. The SMILES string of the molecule is COc1ccccc1-c1cc(CN)nn1-c1cccc(Cl)c1C. The van der Waals surface area contributed by atoms with Crippen molar-refractivity contribution in [3.05, 3.63) is 64.8 Å². The van der Waals surface area contributed by atoms with Gasteiger partial charge in [-0.1, -0.05) is 29.8 Å². The van der Waals surface area contributed by atoms with E-state index in [2.05, 4.69) is 5.10 Å². The van der Waals surface area contributed by atoms with Crippen LogP contribution >= 0.6 is 11.6 Å². The smallest absolute Gasteiger partial charge is 0.128 e. The summed E-state index contributed by atoms with van der Waals surface area (Å²) in [4.78, 5) is 0. The van der Waals surface area contributed by atoms with Gasteiger partial charge in [-0.2, -0.15) is 5.10 Å². The first-order valence-electron chi connectivity index (χ1n) is 7.33. The second kappa shape index (κ2) is 6.44. The van der Waals surface area contributed by atoms with Crippen LogP contribution in [0.2, 0.25) is 5.02 Å². The number of hydrogen-bond donors (Lipinski definition) is 1. The number of halogens is 1. The lowest BCUT2D eigenvalue weighted by Gasteiger charge is -2.13.